The molecule has 1 aliphatic carbocycles. The zero-order valence-corrected chi connectivity index (χ0v) is 11.3. The van der Waals surface area contributed by atoms with Gasteiger partial charge in [0.15, 0.2) is 0 Å². The van der Waals surface area contributed by atoms with Gasteiger partial charge < -0.3 is 10.1 Å². The number of nitrogens with zero attached hydrogens (tertiary/aromatic N) is 1. The quantitative estimate of drug-likeness (QED) is 0.846. The van der Waals surface area contributed by atoms with Crippen molar-refractivity contribution in [1.82, 2.24) is 10.3 Å². The third-order valence-corrected chi connectivity index (χ3v) is 4.40. The van der Waals surface area contributed by atoms with Crippen molar-refractivity contribution in [3.63, 3.8) is 0 Å². The summed E-state index contributed by atoms with van der Waals surface area (Å²) < 4.78 is 5.23. The number of hydrogen-bond acceptors (Lipinski definition) is 4. The van der Waals surface area contributed by atoms with Gasteiger partial charge in [-0.25, -0.2) is 4.98 Å². The van der Waals surface area contributed by atoms with E-state index in [2.05, 4.69) is 10.3 Å². The highest BCUT2D eigenvalue weighted by Crippen LogP contribution is 2.34. The van der Waals surface area contributed by atoms with Crippen LogP contribution in [0.25, 0.3) is 0 Å². The number of hydrogen-bond donors (Lipinski definition) is 1. The van der Waals surface area contributed by atoms with Crippen LogP contribution in [0, 0.1) is 5.92 Å². The molecule has 1 aliphatic heterocycles. The molecule has 102 valence electrons. The van der Waals surface area contributed by atoms with Crippen LogP contribution in [0.15, 0.2) is 18.3 Å². The number of fused-ring (bicyclic) bond motifs is 1. The molecule has 19 heavy (non-hydrogen) atoms. The highest BCUT2D eigenvalue weighted by Gasteiger charge is 2.39. The molecular weight excluding hydrogens is 240 g/mol. The van der Waals surface area contributed by atoms with Crippen LogP contribution in [0.1, 0.15) is 42.6 Å². The molecule has 3 atom stereocenters. The molecule has 0 radical (unpaired) electrons. The first-order valence-electron chi connectivity index (χ1n) is 7.09. The lowest BCUT2D eigenvalue weighted by molar-refractivity contribution is 0.0940. The van der Waals surface area contributed by atoms with Crippen molar-refractivity contribution < 1.29 is 9.53 Å². The van der Waals surface area contributed by atoms with Crippen molar-refractivity contribution in [1.29, 1.82) is 0 Å². The van der Waals surface area contributed by atoms with E-state index in [1.165, 1.54) is 25.7 Å². The Hall–Kier alpha value is -1.42. The van der Waals surface area contributed by atoms with Gasteiger partial charge in [0.1, 0.15) is 11.4 Å². The summed E-state index contributed by atoms with van der Waals surface area (Å²) in [5, 5.41) is 3.50. The maximum Gasteiger partial charge on any atom is 0.201 e. The number of ketones is 1. The Morgan fingerprint density at radius 3 is 3.05 bits per heavy atom. The molecule has 1 aromatic heterocycles. The Bertz CT molecular complexity index is 461. The normalized spacial score (nSPS) is 29.8. The molecular formula is C15H20N2O2. The molecule has 2 aliphatic rings. The van der Waals surface area contributed by atoms with Gasteiger partial charge in [0.05, 0.1) is 13.2 Å². The molecule has 1 saturated heterocycles. The number of ether oxygens (including phenoxy) is 1. The standard InChI is InChI=1S/C15H20N2O2/c1-19-13-7-4-8-16-14(13)15(18)12-9-10-5-2-3-6-11(10)17-12/h4,7-8,10-12,17H,2-3,5-6,9H2,1H3. The average molecular weight is 260 g/mol. The molecule has 0 amide bonds. The maximum atomic E-state index is 12.6. The minimum Gasteiger partial charge on any atom is -0.494 e. The van der Waals surface area contributed by atoms with Gasteiger partial charge in [-0.2, -0.15) is 0 Å². The Morgan fingerprint density at radius 2 is 2.26 bits per heavy atom. The average Bonchev–Trinajstić information content (AvgIpc) is 2.90. The zero-order valence-electron chi connectivity index (χ0n) is 11.3. The van der Waals surface area contributed by atoms with Gasteiger partial charge in [-0.1, -0.05) is 12.8 Å². The first-order valence-corrected chi connectivity index (χ1v) is 7.09. The number of nitrogens with one attached hydrogen (secondary N) is 1. The fourth-order valence-electron chi connectivity index (χ4n) is 3.43. The number of pyridine rings is 1. The van der Waals surface area contributed by atoms with Crippen LogP contribution in [-0.4, -0.2) is 30.0 Å². The van der Waals surface area contributed by atoms with E-state index in [9.17, 15) is 4.79 Å². The highest BCUT2D eigenvalue weighted by molar-refractivity contribution is 6.00. The third-order valence-electron chi connectivity index (χ3n) is 4.40. The van der Waals surface area contributed by atoms with Gasteiger partial charge >= 0.3 is 0 Å². The highest BCUT2D eigenvalue weighted by atomic mass is 16.5. The summed E-state index contributed by atoms with van der Waals surface area (Å²) in [5.74, 6) is 1.31. The largest absolute Gasteiger partial charge is 0.494 e. The van der Waals surface area contributed by atoms with E-state index in [1.54, 1.807) is 25.4 Å². The maximum absolute atomic E-state index is 12.6. The van der Waals surface area contributed by atoms with Crippen LogP contribution >= 0.6 is 0 Å². The van der Waals surface area contributed by atoms with E-state index in [1.807, 2.05) is 0 Å². The molecule has 0 spiro atoms. The molecule has 1 N–H and O–H groups in total. The van der Waals surface area contributed by atoms with Gasteiger partial charge in [-0.3, -0.25) is 4.79 Å². The second-order valence-corrected chi connectivity index (χ2v) is 5.52. The van der Waals surface area contributed by atoms with Crippen molar-refractivity contribution in [2.75, 3.05) is 7.11 Å². The smallest absolute Gasteiger partial charge is 0.201 e. The monoisotopic (exact) mass is 260 g/mol. The van der Waals surface area contributed by atoms with E-state index in [0.29, 0.717) is 23.4 Å². The molecule has 1 saturated carbocycles. The first-order chi connectivity index (χ1) is 9.29. The minimum absolute atomic E-state index is 0.0758. The Labute approximate surface area is 113 Å². The molecule has 3 unspecified atom stereocenters. The lowest BCUT2D eigenvalue weighted by Crippen LogP contribution is -2.37. The van der Waals surface area contributed by atoms with Crippen LogP contribution < -0.4 is 10.1 Å². The summed E-state index contributed by atoms with van der Waals surface area (Å²) >= 11 is 0. The van der Waals surface area contributed by atoms with Gasteiger partial charge in [0, 0.05) is 12.2 Å². The minimum atomic E-state index is -0.0862. The predicted octanol–water partition coefficient (Wildman–Crippen LogP) is 2.19. The molecule has 2 heterocycles. The van der Waals surface area contributed by atoms with E-state index < -0.39 is 0 Å². The summed E-state index contributed by atoms with van der Waals surface area (Å²) in [4.78, 5) is 16.8. The molecule has 3 rings (SSSR count). The van der Waals surface area contributed by atoms with Gasteiger partial charge in [0.25, 0.3) is 0 Å². The van der Waals surface area contributed by atoms with Gasteiger partial charge in [-0.15, -0.1) is 0 Å². The SMILES string of the molecule is COc1cccnc1C(=O)C1CC2CCCCC2N1. The number of carbonyl (C=O) groups is 1. The van der Waals surface area contributed by atoms with Crippen LogP contribution in [0.4, 0.5) is 0 Å². The Balaban J connectivity index is 1.77. The summed E-state index contributed by atoms with van der Waals surface area (Å²) in [6.45, 7) is 0. The second kappa shape index (κ2) is 5.29. The van der Waals surface area contributed by atoms with Crippen molar-refractivity contribution in [2.45, 2.75) is 44.2 Å². The van der Waals surface area contributed by atoms with E-state index in [-0.39, 0.29) is 11.8 Å². The second-order valence-electron chi connectivity index (χ2n) is 5.52. The lowest BCUT2D eigenvalue weighted by Gasteiger charge is -2.24. The number of aromatic nitrogens is 1. The predicted molar refractivity (Wildman–Crippen MR) is 72.4 cm³/mol. The topological polar surface area (TPSA) is 51.2 Å². The van der Waals surface area contributed by atoms with Crippen LogP contribution in [0.3, 0.4) is 0 Å². The first kappa shape index (κ1) is 12.6. The van der Waals surface area contributed by atoms with Crippen LogP contribution in [0.5, 0.6) is 5.75 Å². The summed E-state index contributed by atoms with van der Waals surface area (Å²) in [6.07, 6.45) is 7.63. The zero-order chi connectivity index (χ0) is 13.2. The number of Topliss-reactive ketones (excluding diaryl/α,β-unsaturated/α-hetero) is 1. The summed E-state index contributed by atoms with van der Waals surface area (Å²) in [5.41, 5.74) is 0.459. The number of rotatable bonds is 3. The van der Waals surface area contributed by atoms with Crippen molar-refractivity contribution >= 4 is 5.78 Å². The van der Waals surface area contributed by atoms with E-state index in [0.717, 1.165) is 6.42 Å². The van der Waals surface area contributed by atoms with E-state index >= 15 is 0 Å². The Kier molecular flexibility index (Phi) is 3.51. The number of carbonyl (C=O) groups excluding carboxylic acids is 1. The molecule has 1 aromatic rings. The van der Waals surface area contributed by atoms with Gasteiger partial charge in [-0.05, 0) is 37.3 Å². The van der Waals surface area contributed by atoms with Crippen molar-refractivity contribution in [2.24, 2.45) is 5.92 Å². The number of methoxy groups -OCH3 is 1. The summed E-state index contributed by atoms with van der Waals surface area (Å²) in [7, 11) is 1.58. The van der Waals surface area contributed by atoms with Crippen molar-refractivity contribution in [3.05, 3.63) is 24.0 Å². The molecule has 0 aromatic carbocycles. The fourth-order valence-corrected chi connectivity index (χ4v) is 3.43. The lowest BCUT2D eigenvalue weighted by atomic mass is 9.84. The molecule has 4 heteroatoms. The Morgan fingerprint density at radius 1 is 1.42 bits per heavy atom. The molecule has 4 nitrogen and oxygen atoms in total. The van der Waals surface area contributed by atoms with Crippen LogP contribution in [-0.2, 0) is 0 Å². The molecule has 2 fully saturated rings. The van der Waals surface area contributed by atoms with Crippen molar-refractivity contribution in [3.8, 4) is 5.75 Å². The summed E-state index contributed by atoms with van der Waals surface area (Å²) in [6, 6.07) is 4.02. The van der Waals surface area contributed by atoms with Crippen LogP contribution in [0.2, 0.25) is 0 Å². The van der Waals surface area contributed by atoms with E-state index in [4.69, 9.17) is 4.74 Å². The molecule has 0 bridgehead atoms. The van der Waals surface area contributed by atoms with Gasteiger partial charge in [0.2, 0.25) is 5.78 Å². The fraction of sp³-hybridized carbons (Fsp3) is 0.600. The third kappa shape index (κ3) is 2.37.